The van der Waals surface area contributed by atoms with Gasteiger partial charge in [0, 0.05) is 42.9 Å². The van der Waals surface area contributed by atoms with Gasteiger partial charge in [-0.05, 0) is 68.2 Å². The predicted octanol–water partition coefficient (Wildman–Crippen LogP) is 4.68. The Kier molecular flexibility index (Phi) is 6.02. The van der Waals surface area contributed by atoms with E-state index in [1.54, 1.807) is 0 Å². The van der Waals surface area contributed by atoms with Crippen LogP contribution in [0.1, 0.15) is 50.5 Å². The van der Waals surface area contributed by atoms with Gasteiger partial charge >= 0.3 is 0 Å². The molecule has 0 spiro atoms. The van der Waals surface area contributed by atoms with Gasteiger partial charge in [0.2, 0.25) is 5.91 Å². The lowest BCUT2D eigenvalue weighted by Gasteiger charge is -2.26. The molecule has 1 fully saturated rings. The Labute approximate surface area is 216 Å². The summed E-state index contributed by atoms with van der Waals surface area (Å²) >= 11 is 0. The highest BCUT2D eigenvalue weighted by Gasteiger charge is 2.30. The van der Waals surface area contributed by atoms with E-state index in [-0.39, 0.29) is 11.8 Å². The molecule has 3 aromatic rings. The molecule has 1 atom stereocenters. The van der Waals surface area contributed by atoms with Crippen molar-refractivity contribution in [2.75, 3.05) is 24.1 Å². The van der Waals surface area contributed by atoms with E-state index in [4.69, 9.17) is 5.73 Å². The standard InChI is InChI=1S/C29H32N6O2/c1-34-25(19-11-13-22(14-12-19)33-28(36)20-5-4-6-20)23(24-26(30)31-17-32-27(24)34)18-7-9-21(10-8-18)29(37)35-15-2-3-16-35/h5,7,11-14,17,21H,2-4,6,8-10,15-16H2,1H3,(H,33,36)(H2,30,31,32)/t21-/m0/s1. The fraction of sp³-hybridized carbons (Fsp3) is 0.379. The predicted molar refractivity (Wildman–Crippen MR) is 145 cm³/mol. The topological polar surface area (TPSA) is 106 Å². The Morgan fingerprint density at radius 2 is 1.81 bits per heavy atom. The molecule has 1 aromatic carbocycles. The van der Waals surface area contributed by atoms with Crippen molar-refractivity contribution >= 4 is 39.9 Å². The number of hydrogen-bond donors (Lipinski definition) is 2. The Balaban J connectivity index is 1.35. The molecule has 0 radical (unpaired) electrons. The minimum absolute atomic E-state index is 0.0299. The molecule has 3 aliphatic rings. The van der Waals surface area contributed by atoms with E-state index in [1.807, 2.05) is 42.3 Å². The summed E-state index contributed by atoms with van der Waals surface area (Å²) in [6, 6.07) is 7.91. The SMILES string of the molecule is Cn1c(-c2ccc(NC(=O)C3=CCC3)cc2)c(C2=CC[C@H](C(=O)N3CCCC3)CC2)c2c(N)ncnc21. The van der Waals surface area contributed by atoms with E-state index < -0.39 is 0 Å². The lowest BCUT2D eigenvalue weighted by atomic mass is 9.84. The second kappa shape index (κ2) is 9.50. The van der Waals surface area contributed by atoms with Gasteiger partial charge in [-0.1, -0.05) is 24.3 Å². The summed E-state index contributed by atoms with van der Waals surface area (Å²) in [5, 5.41) is 3.84. The van der Waals surface area contributed by atoms with Crippen LogP contribution in [0, 0.1) is 5.92 Å². The van der Waals surface area contributed by atoms with Crippen LogP contribution < -0.4 is 11.1 Å². The number of nitrogen functional groups attached to an aromatic ring is 1. The lowest BCUT2D eigenvalue weighted by molar-refractivity contribution is -0.134. The number of carbonyl (C=O) groups excluding carboxylic acids is 2. The van der Waals surface area contributed by atoms with Crippen molar-refractivity contribution in [3.8, 4) is 11.3 Å². The molecule has 2 aliphatic carbocycles. The summed E-state index contributed by atoms with van der Waals surface area (Å²) in [5.74, 6) is 0.764. The Morgan fingerprint density at radius 3 is 2.46 bits per heavy atom. The molecule has 0 saturated carbocycles. The third-order valence-electron chi connectivity index (χ3n) is 8.01. The number of fused-ring (bicyclic) bond motifs is 1. The van der Waals surface area contributed by atoms with Crippen molar-refractivity contribution < 1.29 is 9.59 Å². The maximum Gasteiger partial charge on any atom is 0.251 e. The van der Waals surface area contributed by atoms with E-state index in [2.05, 4.69) is 25.9 Å². The fourth-order valence-corrected chi connectivity index (χ4v) is 5.83. The number of nitrogens with zero attached hydrogens (tertiary/aromatic N) is 4. The van der Waals surface area contributed by atoms with Gasteiger partial charge in [-0.2, -0.15) is 0 Å². The second-order valence-electron chi connectivity index (χ2n) is 10.3. The molecule has 3 heterocycles. The summed E-state index contributed by atoms with van der Waals surface area (Å²) in [4.78, 5) is 36.2. The van der Waals surface area contributed by atoms with Crippen LogP contribution in [-0.4, -0.2) is 44.3 Å². The molecule has 6 rings (SSSR count). The average Bonchev–Trinajstić information content (AvgIpc) is 3.51. The van der Waals surface area contributed by atoms with E-state index in [0.717, 1.165) is 97.1 Å². The number of anilines is 2. The van der Waals surface area contributed by atoms with Crippen LogP contribution in [0.2, 0.25) is 0 Å². The van der Waals surface area contributed by atoms with Gasteiger partial charge in [0.1, 0.15) is 17.8 Å². The monoisotopic (exact) mass is 496 g/mol. The molecule has 190 valence electrons. The summed E-state index contributed by atoms with van der Waals surface area (Å²) in [6.45, 7) is 1.78. The van der Waals surface area contributed by atoms with Crippen LogP contribution in [0.3, 0.4) is 0 Å². The van der Waals surface area contributed by atoms with Crippen LogP contribution >= 0.6 is 0 Å². The number of aromatic nitrogens is 3. The van der Waals surface area contributed by atoms with Crippen molar-refractivity contribution in [1.29, 1.82) is 0 Å². The molecule has 8 nitrogen and oxygen atoms in total. The normalized spacial score (nSPS) is 19.4. The van der Waals surface area contributed by atoms with E-state index in [0.29, 0.717) is 11.7 Å². The first-order valence-electron chi connectivity index (χ1n) is 13.2. The number of likely N-dealkylation sites (tertiary alicyclic amines) is 1. The number of nitrogens with two attached hydrogens (primary N) is 1. The van der Waals surface area contributed by atoms with Crippen LogP contribution in [0.4, 0.5) is 11.5 Å². The van der Waals surface area contributed by atoms with Crippen LogP contribution in [-0.2, 0) is 16.6 Å². The number of benzene rings is 1. The average molecular weight is 497 g/mol. The van der Waals surface area contributed by atoms with E-state index in [1.165, 1.54) is 11.9 Å². The van der Waals surface area contributed by atoms with Crippen molar-refractivity contribution in [2.24, 2.45) is 13.0 Å². The van der Waals surface area contributed by atoms with Gasteiger partial charge in [0.05, 0.1) is 11.1 Å². The Morgan fingerprint density at radius 1 is 1.05 bits per heavy atom. The molecule has 1 aliphatic heterocycles. The molecule has 3 N–H and O–H groups in total. The summed E-state index contributed by atoms with van der Waals surface area (Å²) in [6.07, 6.45) is 12.1. The fourth-order valence-electron chi connectivity index (χ4n) is 5.83. The van der Waals surface area contributed by atoms with Gasteiger partial charge < -0.3 is 20.5 Å². The largest absolute Gasteiger partial charge is 0.383 e. The molecule has 8 heteroatoms. The zero-order chi connectivity index (χ0) is 25.5. The highest BCUT2D eigenvalue weighted by Crippen LogP contribution is 2.43. The Bertz CT molecular complexity index is 1440. The number of rotatable bonds is 5. The van der Waals surface area contributed by atoms with E-state index >= 15 is 0 Å². The quantitative estimate of drug-likeness (QED) is 0.533. The minimum Gasteiger partial charge on any atom is -0.383 e. The highest BCUT2D eigenvalue weighted by atomic mass is 16.2. The highest BCUT2D eigenvalue weighted by molar-refractivity contribution is 6.06. The summed E-state index contributed by atoms with van der Waals surface area (Å²) in [7, 11) is 2.00. The number of hydrogen-bond acceptors (Lipinski definition) is 5. The van der Waals surface area contributed by atoms with Crippen LogP contribution in [0.5, 0.6) is 0 Å². The first kappa shape index (κ1) is 23.5. The summed E-state index contributed by atoms with van der Waals surface area (Å²) < 4.78 is 2.07. The van der Waals surface area contributed by atoms with Crippen molar-refractivity contribution in [2.45, 2.75) is 44.9 Å². The molecular weight excluding hydrogens is 464 g/mol. The lowest BCUT2D eigenvalue weighted by Crippen LogP contribution is -2.34. The zero-order valence-corrected chi connectivity index (χ0v) is 21.2. The first-order valence-corrected chi connectivity index (χ1v) is 13.2. The Hall–Kier alpha value is -3.94. The summed E-state index contributed by atoms with van der Waals surface area (Å²) in [5.41, 5.74) is 13.0. The zero-order valence-electron chi connectivity index (χ0n) is 21.2. The first-order chi connectivity index (χ1) is 18.0. The van der Waals surface area contributed by atoms with Gasteiger partial charge in [0.25, 0.3) is 5.91 Å². The van der Waals surface area contributed by atoms with E-state index in [9.17, 15) is 9.59 Å². The van der Waals surface area contributed by atoms with Gasteiger partial charge in [-0.3, -0.25) is 9.59 Å². The molecular formula is C29H32N6O2. The molecule has 0 bridgehead atoms. The van der Waals surface area contributed by atoms with Crippen molar-refractivity contribution in [3.05, 3.63) is 53.9 Å². The molecule has 1 saturated heterocycles. The van der Waals surface area contributed by atoms with Gasteiger partial charge in [-0.25, -0.2) is 9.97 Å². The number of aryl methyl sites for hydroxylation is 1. The van der Waals surface area contributed by atoms with Crippen LogP contribution in [0.25, 0.3) is 27.9 Å². The number of carbonyl (C=O) groups is 2. The minimum atomic E-state index is -0.0299. The van der Waals surface area contributed by atoms with Gasteiger partial charge in [0.15, 0.2) is 0 Å². The third kappa shape index (κ3) is 4.20. The maximum absolute atomic E-state index is 13.0. The molecule has 0 unspecified atom stereocenters. The van der Waals surface area contributed by atoms with Crippen molar-refractivity contribution in [3.63, 3.8) is 0 Å². The second-order valence-corrected chi connectivity index (χ2v) is 10.3. The van der Waals surface area contributed by atoms with Crippen LogP contribution in [0.15, 0.2) is 48.3 Å². The number of amides is 2. The molecule has 2 aromatic heterocycles. The van der Waals surface area contributed by atoms with Gasteiger partial charge in [-0.15, -0.1) is 0 Å². The number of nitrogens with one attached hydrogen (secondary N) is 1. The maximum atomic E-state index is 13.0. The van der Waals surface area contributed by atoms with Crippen molar-refractivity contribution in [1.82, 2.24) is 19.4 Å². The smallest absolute Gasteiger partial charge is 0.251 e. The molecule has 2 amide bonds. The number of allylic oxidation sites excluding steroid dienone is 3. The third-order valence-corrected chi connectivity index (χ3v) is 8.01. The molecule has 37 heavy (non-hydrogen) atoms.